The van der Waals surface area contributed by atoms with Crippen LogP contribution < -0.4 is 0 Å². The van der Waals surface area contributed by atoms with E-state index in [1.54, 1.807) is 0 Å². The first-order valence-corrected chi connectivity index (χ1v) is 3.30. The zero-order chi connectivity index (χ0) is 5.66. The van der Waals surface area contributed by atoms with E-state index in [4.69, 9.17) is 0 Å². The normalized spacial score (nSPS) is 22.4. The van der Waals surface area contributed by atoms with Crippen molar-refractivity contribution in [3.05, 3.63) is 24.3 Å². The minimum absolute atomic E-state index is 0. The van der Waals surface area contributed by atoms with Gasteiger partial charge in [-0.25, -0.2) is 0 Å². The summed E-state index contributed by atoms with van der Waals surface area (Å²) in [6.45, 7) is 0. The maximum absolute atomic E-state index is 2.27. The average Bonchev–Trinajstić information content (AvgIpc) is 1.62. The van der Waals surface area contributed by atoms with E-state index >= 15 is 0 Å². The van der Waals surface area contributed by atoms with Crippen LogP contribution in [-0.4, -0.2) is 0 Å². The van der Waals surface area contributed by atoms with Crippen LogP contribution in [0.2, 0.25) is 0 Å². The molecule has 0 heterocycles. The molecule has 0 saturated carbocycles. The molecule has 0 aromatic carbocycles. The summed E-state index contributed by atoms with van der Waals surface area (Å²) >= 11 is 0. The standard InChI is InChI=1S/C8H12.2Rh/c1-2-4-6-8-7-5-3-1;;/h1-2,7-8H,3-6H2;;/b2-1-,8-7-;;. The largest absolute Gasteiger partial charge is 0.0882 e. The van der Waals surface area contributed by atoms with Gasteiger partial charge in [-0.3, -0.25) is 0 Å². The van der Waals surface area contributed by atoms with Crippen LogP contribution in [0.3, 0.4) is 0 Å². The molecule has 1 aliphatic carbocycles. The van der Waals surface area contributed by atoms with Gasteiger partial charge in [0.1, 0.15) is 0 Å². The first-order chi connectivity index (χ1) is 4.00. The van der Waals surface area contributed by atoms with E-state index in [9.17, 15) is 0 Å². The van der Waals surface area contributed by atoms with Crippen LogP contribution in [-0.2, 0) is 39.0 Å². The molecule has 1 rings (SSSR count). The summed E-state index contributed by atoms with van der Waals surface area (Å²) in [6.07, 6.45) is 14.0. The van der Waals surface area contributed by atoms with Gasteiger partial charge in [0.15, 0.2) is 0 Å². The topological polar surface area (TPSA) is 0 Å². The van der Waals surface area contributed by atoms with Crippen LogP contribution in [0.4, 0.5) is 0 Å². The van der Waals surface area contributed by atoms with E-state index in [-0.39, 0.29) is 39.0 Å². The average molecular weight is 314 g/mol. The zero-order valence-corrected chi connectivity index (χ0v) is 9.08. The Morgan fingerprint density at radius 1 is 0.500 bits per heavy atom. The van der Waals surface area contributed by atoms with Crippen molar-refractivity contribution in [2.24, 2.45) is 0 Å². The van der Waals surface area contributed by atoms with E-state index in [0.29, 0.717) is 0 Å². The van der Waals surface area contributed by atoms with E-state index in [1.165, 1.54) is 25.7 Å². The Morgan fingerprint density at radius 3 is 0.900 bits per heavy atom. The van der Waals surface area contributed by atoms with Gasteiger partial charge in [0.25, 0.3) is 0 Å². The molecule has 0 fully saturated rings. The Hall–Kier alpha value is 0.727. The van der Waals surface area contributed by atoms with Crippen LogP contribution in [0.25, 0.3) is 0 Å². The molecule has 0 unspecified atom stereocenters. The van der Waals surface area contributed by atoms with Gasteiger partial charge in [0, 0.05) is 39.0 Å². The van der Waals surface area contributed by atoms with Gasteiger partial charge >= 0.3 is 0 Å². The summed E-state index contributed by atoms with van der Waals surface area (Å²) in [5, 5.41) is 0. The van der Waals surface area contributed by atoms with Crippen molar-refractivity contribution in [3.63, 3.8) is 0 Å². The number of hydrogen-bond donors (Lipinski definition) is 0. The molecule has 10 heavy (non-hydrogen) atoms. The number of hydrogen-bond acceptors (Lipinski definition) is 0. The summed E-state index contributed by atoms with van der Waals surface area (Å²) in [7, 11) is 0. The fourth-order valence-corrected chi connectivity index (χ4v) is 0.856. The predicted octanol–water partition coefficient (Wildman–Crippen LogP) is 2.67. The molecule has 0 saturated heterocycles. The zero-order valence-electron chi connectivity index (χ0n) is 5.80. The summed E-state index contributed by atoms with van der Waals surface area (Å²) < 4.78 is 0. The minimum atomic E-state index is 0. The molecule has 1 aliphatic rings. The third kappa shape index (κ3) is 6.84. The van der Waals surface area contributed by atoms with Gasteiger partial charge < -0.3 is 0 Å². The van der Waals surface area contributed by atoms with Crippen LogP contribution in [0, 0.1) is 0 Å². The third-order valence-corrected chi connectivity index (χ3v) is 1.33. The second-order valence-electron chi connectivity index (χ2n) is 2.10. The summed E-state index contributed by atoms with van der Waals surface area (Å²) in [5.74, 6) is 0. The Labute approximate surface area is 88.7 Å². The molecule has 62 valence electrons. The summed E-state index contributed by atoms with van der Waals surface area (Å²) in [6, 6.07) is 0. The molecule has 0 aromatic rings. The first kappa shape index (κ1) is 13.3. The molecular weight excluding hydrogens is 302 g/mol. The molecule has 0 aliphatic heterocycles. The fraction of sp³-hybridized carbons (Fsp3) is 0.500. The maximum Gasteiger partial charge on any atom is 0 e. The van der Waals surface area contributed by atoms with Crippen molar-refractivity contribution in [1.29, 1.82) is 0 Å². The molecule has 0 N–H and O–H groups in total. The molecule has 0 bridgehead atoms. The van der Waals surface area contributed by atoms with Gasteiger partial charge in [-0.15, -0.1) is 0 Å². The molecule has 0 amide bonds. The Morgan fingerprint density at radius 2 is 0.700 bits per heavy atom. The van der Waals surface area contributed by atoms with Crippen LogP contribution >= 0.6 is 0 Å². The van der Waals surface area contributed by atoms with Gasteiger partial charge in [0.2, 0.25) is 0 Å². The molecule has 0 spiro atoms. The van der Waals surface area contributed by atoms with Gasteiger partial charge in [-0.1, -0.05) is 24.3 Å². The number of rotatable bonds is 0. The second-order valence-corrected chi connectivity index (χ2v) is 2.10. The molecule has 2 heteroatoms. The smallest absolute Gasteiger partial charge is 0 e. The number of allylic oxidation sites excluding steroid dienone is 4. The van der Waals surface area contributed by atoms with Crippen molar-refractivity contribution in [2.45, 2.75) is 25.7 Å². The van der Waals surface area contributed by atoms with Gasteiger partial charge in [0.05, 0.1) is 0 Å². The van der Waals surface area contributed by atoms with E-state index in [2.05, 4.69) is 24.3 Å². The van der Waals surface area contributed by atoms with Crippen molar-refractivity contribution >= 4 is 0 Å². The third-order valence-electron chi connectivity index (χ3n) is 1.33. The first-order valence-electron chi connectivity index (χ1n) is 3.30. The Kier molecular flexibility index (Phi) is 13.0. The van der Waals surface area contributed by atoms with Crippen LogP contribution in [0.15, 0.2) is 24.3 Å². The predicted molar refractivity (Wildman–Crippen MR) is 36.7 cm³/mol. The molecule has 0 atom stereocenters. The van der Waals surface area contributed by atoms with Gasteiger partial charge in [-0.2, -0.15) is 0 Å². The summed E-state index contributed by atoms with van der Waals surface area (Å²) in [5.41, 5.74) is 0. The molecule has 0 aromatic heterocycles. The molecule has 2 radical (unpaired) electrons. The van der Waals surface area contributed by atoms with Crippen molar-refractivity contribution in [2.75, 3.05) is 0 Å². The monoisotopic (exact) mass is 314 g/mol. The Bertz CT molecular complexity index is 79.8. The Balaban J connectivity index is 0. The van der Waals surface area contributed by atoms with Crippen molar-refractivity contribution in [3.8, 4) is 0 Å². The molecular formula is C8H12Rh2. The van der Waals surface area contributed by atoms with Crippen molar-refractivity contribution in [1.82, 2.24) is 0 Å². The summed E-state index contributed by atoms with van der Waals surface area (Å²) in [4.78, 5) is 0. The second kappa shape index (κ2) is 9.73. The van der Waals surface area contributed by atoms with Crippen molar-refractivity contribution < 1.29 is 39.0 Å². The quantitative estimate of drug-likeness (QED) is 0.476. The van der Waals surface area contributed by atoms with E-state index in [1.807, 2.05) is 0 Å². The van der Waals surface area contributed by atoms with E-state index in [0.717, 1.165) is 0 Å². The van der Waals surface area contributed by atoms with Gasteiger partial charge in [-0.05, 0) is 25.7 Å². The minimum Gasteiger partial charge on any atom is -0.0882 e. The van der Waals surface area contributed by atoms with E-state index < -0.39 is 0 Å². The SMILES string of the molecule is C1=C\CC/C=C\CC/1.[Rh].[Rh]. The van der Waals surface area contributed by atoms with Crippen LogP contribution in [0.5, 0.6) is 0 Å². The van der Waals surface area contributed by atoms with Crippen LogP contribution in [0.1, 0.15) is 25.7 Å². The maximum atomic E-state index is 2.27. The fourth-order valence-electron chi connectivity index (χ4n) is 0.856. The molecule has 0 nitrogen and oxygen atoms in total.